The molecule has 0 spiro atoms. The van der Waals surface area contributed by atoms with Gasteiger partial charge in [-0.25, -0.2) is 0 Å². The van der Waals surface area contributed by atoms with Gasteiger partial charge in [-0.05, 0) is 49.6 Å². The minimum atomic E-state index is -0.505. The number of rotatable bonds is 4. The average molecular weight is 265 g/mol. The van der Waals surface area contributed by atoms with E-state index in [1.54, 1.807) is 0 Å². The van der Waals surface area contributed by atoms with Gasteiger partial charge in [0.2, 0.25) is 0 Å². The van der Waals surface area contributed by atoms with E-state index in [9.17, 15) is 5.26 Å². The number of hydrogen-bond acceptors (Lipinski definition) is 2. The molecule has 0 saturated heterocycles. The molecular weight excluding hydrogens is 246 g/mol. The molecule has 0 N–H and O–H groups in total. The molecule has 2 rings (SSSR count). The molecule has 0 unspecified atom stereocenters. The van der Waals surface area contributed by atoms with Crippen LogP contribution in [0.5, 0.6) is 5.75 Å². The molecule has 0 heterocycles. The zero-order chi connectivity index (χ0) is 14.6. The zero-order valence-electron chi connectivity index (χ0n) is 12.2. The number of hydrogen-bond donors (Lipinski definition) is 0. The number of nitriles is 1. The third kappa shape index (κ3) is 2.83. The Labute approximate surface area is 120 Å². The van der Waals surface area contributed by atoms with Gasteiger partial charge in [-0.1, -0.05) is 36.4 Å². The second-order valence-electron chi connectivity index (χ2n) is 5.24. The van der Waals surface area contributed by atoms with Gasteiger partial charge in [0.05, 0.1) is 18.1 Å². The summed E-state index contributed by atoms with van der Waals surface area (Å²) < 4.78 is 5.46. The molecule has 0 aliphatic heterocycles. The molecule has 0 fully saturated rings. The van der Waals surface area contributed by atoms with Gasteiger partial charge in [-0.15, -0.1) is 0 Å². The van der Waals surface area contributed by atoms with E-state index in [0.29, 0.717) is 6.61 Å². The van der Waals surface area contributed by atoms with Gasteiger partial charge in [0.1, 0.15) is 5.75 Å². The third-order valence-electron chi connectivity index (χ3n) is 3.36. The maximum absolute atomic E-state index is 9.36. The van der Waals surface area contributed by atoms with Crippen molar-refractivity contribution in [3.05, 3.63) is 54.1 Å². The van der Waals surface area contributed by atoms with Gasteiger partial charge in [-0.2, -0.15) is 5.26 Å². The standard InChI is InChI=1S/C18H19NO/c1-4-20-15-11-9-14(10-12-15)16-7-5-6-8-17(16)18(2,3)13-19/h5-12H,4H2,1-3H3. The van der Waals surface area contributed by atoms with Crippen molar-refractivity contribution in [1.29, 1.82) is 5.26 Å². The van der Waals surface area contributed by atoms with Crippen molar-refractivity contribution < 1.29 is 4.74 Å². The average Bonchev–Trinajstić information content (AvgIpc) is 2.48. The lowest BCUT2D eigenvalue weighted by Crippen LogP contribution is -2.15. The Balaban J connectivity index is 2.46. The first-order valence-corrected chi connectivity index (χ1v) is 6.82. The van der Waals surface area contributed by atoms with Crippen molar-refractivity contribution in [2.24, 2.45) is 0 Å². The molecule has 0 atom stereocenters. The highest BCUT2D eigenvalue weighted by molar-refractivity contribution is 5.70. The SMILES string of the molecule is CCOc1ccc(-c2ccccc2C(C)(C)C#N)cc1. The fraction of sp³-hybridized carbons (Fsp3) is 0.278. The first-order chi connectivity index (χ1) is 9.58. The number of nitrogens with zero attached hydrogens (tertiary/aromatic N) is 1. The molecule has 2 aromatic carbocycles. The minimum absolute atomic E-state index is 0.505. The van der Waals surface area contributed by atoms with Crippen LogP contribution < -0.4 is 4.74 Å². The molecular formula is C18H19NO. The van der Waals surface area contributed by atoms with Gasteiger partial charge in [0, 0.05) is 0 Å². The minimum Gasteiger partial charge on any atom is -0.494 e. The van der Waals surface area contributed by atoms with Crippen LogP contribution in [0.15, 0.2) is 48.5 Å². The maximum atomic E-state index is 9.36. The molecule has 0 aliphatic rings. The van der Waals surface area contributed by atoms with Gasteiger partial charge < -0.3 is 4.74 Å². The van der Waals surface area contributed by atoms with Crippen molar-refractivity contribution in [2.45, 2.75) is 26.2 Å². The van der Waals surface area contributed by atoms with E-state index in [2.05, 4.69) is 12.1 Å². The topological polar surface area (TPSA) is 33.0 Å². The number of benzene rings is 2. The van der Waals surface area contributed by atoms with Crippen LogP contribution >= 0.6 is 0 Å². The van der Waals surface area contributed by atoms with E-state index < -0.39 is 5.41 Å². The molecule has 2 nitrogen and oxygen atoms in total. The summed E-state index contributed by atoms with van der Waals surface area (Å²) >= 11 is 0. The lowest BCUT2D eigenvalue weighted by molar-refractivity contribution is 0.340. The van der Waals surface area contributed by atoms with E-state index in [-0.39, 0.29) is 0 Å². The van der Waals surface area contributed by atoms with E-state index in [4.69, 9.17) is 4.74 Å². The summed E-state index contributed by atoms with van der Waals surface area (Å²) in [5.74, 6) is 0.869. The normalized spacial score (nSPS) is 10.9. The van der Waals surface area contributed by atoms with Crippen molar-refractivity contribution >= 4 is 0 Å². The summed E-state index contributed by atoms with van der Waals surface area (Å²) in [5.41, 5.74) is 2.75. The van der Waals surface area contributed by atoms with Gasteiger partial charge >= 0.3 is 0 Å². The fourth-order valence-corrected chi connectivity index (χ4v) is 2.24. The largest absolute Gasteiger partial charge is 0.494 e. The molecule has 0 radical (unpaired) electrons. The molecule has 0 saturated carbocycles. The fourth-order valence-electron chi connectivity index (χ4n) is 2.24. The lowest BCUT2D eigenvalue weighted by Gasteiger charge is -2.20. The summed E-state index contributed by atoms with van der Waals surface area (Å²) in [7, 11) is 0. The quantitative estimate of drug-likeness (QED) is 0.812. The summed E-state index contributed by atoms with van der Waals surface area (Å²) in [6.07, 6.45) is 0. The van der Waals surface area contributed by atoms with E-state index >= 15 is 0 Å². The highest BCUT2D eigenvalue weighted by atomic mass is 16.5. The molecule has 0 bridgehead atoms. The Morgan fingerprint density at radius 3 is 2.30 bits per heavy atom. The first-order valence-electron chi connectivity index (χ1n) is 6.82. The van der Waals surface area contributed by atoms with Gasteiger partial charge in [0.15, 0.2) is 0 Å². The molecule has 20 heavy (non-hydrogen) atoms. The smallest absolute Gasteiger partial charge is 0.119 e. The van der Waals surface area contributed by atoms with Crippen LogP contribution in [0.3, 0.4) is 0 Å². The summed E-state index contributed by atoms with van der Waals surface area (Å²) in [5, 5.41) is 9.36. The second kappa shape index (κ2) is 5.79. The summed E-state index contributed by atoms with van der Waals surface area (Å²) in [4.78, 5) is 0. The monoisotopic (exact) mass is 265 g/mol. The highest BCUT2D eigenvalue weighted by Crippen LogP contribution is 2.33. The maximum Gasteiger partial charge on any atom is 0.119 e. The predicted octanol–water partition coefficient (Wildman–Crippen LogP) is 4.55. The molecule has 2 aromatic rings. The van der Waals surface area contributed by atoms with Gasteiger partial charge in [-0.3, -0.25) is 0 Å². The van der Waals surface area contributed by atoms with Crippen LogP contribution in [-0.4, -0.2) is 6.61 Å². The molecule has 2 heteroatoms. The van der Waals surface area contributed by atoms with Crippen molar-refractivity contribution in [3.63, 3.8) is 0 Å². The van der Waals surface area contributed by atoms with E-state index in [1.165, 1.54) is 0 Å². The van der Waals surface area contributed by atoms with Gasteiger partial charge in [0.25, 0.3) is 0 Å². The van der Waals surface area contributed by atoms with Crippen LogP contribution in [0, 0.1) is 11.3 Å². The Hall–Kier alpha value is -2.27. The molecule has 102 valence electrons. The highest BCUT2D eigenvalue weighted by Gasteiger charge is 2.23. The number of ether oxygens (including phenoxy) is 1. The van der Waals surface area contributed by atoms with Crippen LogP contribution in [-0.2, 0) is 5.41 Å². The first kappa shape index (κ1) is 14.1. The van der Waals surface area contributed by atoms with E-state index in [1.807, 2.05) is 63.2 Å². The van der Waals surface area contributed by atoms with Crippen LogP contribution in [0.2, 0.25) is 0 Å². The Bertz CT molecular complexity index is 621. The predicted molar refractivity (Wildman–Crippen MR) is 81.7 cm³/mol. The summed E-state index contributed by atoms with van der Waals surface area (Å²) in [6, 6.07) is 18.5. The lowest BCUT2D eigenvalue weighted by atomic mass is 9.81. The van der Waals surface area contributed by atoms with Crippen molar-refractivity contribution in [2.75, 3.05) is 6.61 Å². The van der Waals surface area contributed by atoms with Crippen LogP contribution in [0.4, 0.5) is 0 Å². The molecule has 0 aromatic heterocycles. The Morgan fingerprint density at radius 1 is 1.05 bits per heavy atom. The molecule has 0 aliphatic carbocycles. The Morgan fingerprint density at radius 2 is 1.70 bits per heavy atom. The van der Waals surface area contributed by atoms with Crippen LogP contribution in [0.1, 0.15) is 26.3 Å². The van der Waals surface area contributed by atoms with E-state index in [0.717, 1.165) is 22.4 Å². The Kier molecular flexibility index (Phi) is 4.10. The van der Waals surface area contributed by atoms with Crippen LogP contribution in [0.25, 0.3) is 11.1 Å². The third-order valence-corrected chi connectivity index (χ3v) is 3.36. The second-order valence-corrected chi connectivity index (χ2v) is 5.24. The van der Waals surface area contributed by atoms with Crippen molar-refractivity contribution in [3.8, 4) is 22.9 Å². The summed E-state index contributed by atoms with van der Waals surface area (Å²) in [6.45, 7) is 6.52. The molecule has 0 amide bonds. The van der Waals surface area contributed by atoms with Crippen molar-refractivity contribution in [1.82, 2.24) is 0 Å². The zero-order valence-corrected chi connectivity index (χ0v) is 12.2.